The molecule has 3 aromatic rings. The summed E-state index contributed by atoms with van der Waals surface area (Å²) in [5, 5.41) is 4.81. The number of hydrogen-bond donors (Lipinski definition) is 0. The molecule has 1 aromatic heterocycles. The Balaban J connectivity index is 1.24. The fraction of sp³-hybridized carbons (Fsp3) is 0.471. The molecule has 0 spiro atoms. The van der Waals surface area contributed by atoms with Crippen molar-refractivity contribution in [3.05, 3.63) is 95.4 Å². The molecule has 1 saturated carbocycles. The highest BCUT2D eigenvalue weighted by atomic mass is 28.3. The van der Waals surface area contributed by atoms with Gasteiger partial charge in [0.05, 0.1) is 24.1 Å². The van der Waals surface area contributed by atoms with Crippen molar-refractivity contribution >= 4 is 19.7 Å². The summed E-state index contributed by atoms with van der Waals surface area (Å²) in [7, 11) is -1.14. The largest absolute Gasteiger partial charge is 0.444 e. The minimum Gasteiger partial charge on any atom is -0.444 e. The molecule has 0 atom stereocenters. The number of carbonyl (C=O) groups excluding carboxylic acids is 1. The van der Waals surface area contributed by atoms with Gasteiger partial charge in [0.1, 0.15) is 13.3 Å². The minimum atomic E-state index is -1.14. The summed E-state index contributed by atoms with van der Waals surface area (Å²) in [6, 6.07) is 23.7. The van der Waals surface area contributed by atoms with E-state index in [1.807, 2.05) is 47.3 Å². The van der Waals surface area contributed by atoms with Gasteiger partial charge in [-0.15, -0.1) is 0 Å². The average molecular weight is 588 g/mol. The molecule has 1 fully saturated rings. The topological polar surface area (TPSA) is 65.8 Å². The number of benzene rings is 2. The first-order valence-electron chi connectivity index (χ1n) is 15.3. The van der Waals surface area contributed by atoms with E-state index in [1.54, 1.807) is 4.90 Å². The van der Waals surface area contributed by atoms with Gasteiger partial charge in [0.25, 0.3) is 0 Å². The summed E-state index contributed by atoms with van der Waals surface area (Å²) >= 11 is 0. The summed E-state index contributed by atoms with van der Waals surface area (Å²) < 4.78 is 20.0. The van der Waals surface area contributed by atoms with E-state index in [1.165, 1.54) is 5.56 Å². The van der Waals surface area contributed by atoms with E-state index in [0.717, 1.165) is 60.9 Å². The molecule has 1 aliphatic heterocycles. The SMILES string of the molecule is C[Si](C)(C)CCOCn1ccc(C2=C(CO[C@H]3CC[C@@H](c4ccccc4)CC3)N(C(=O)OCc3ccccc3)CC2)n1. The first kappa shape index (κ1) is 30.3. The molecule has 0 radical (unpaired) electrons. The lowest BCUT2D eigenvalue weighted by Crippen LogP contribution is -2.31. The smallest absolute Gasteiger partial charge is 0.414 e. The zero-order chi connectivity index (χ0) is 29.4. The Morgan fingerprint density at radius 1 is 0.929 bits per heavy atom. The number of rotatable bonds is 12. The normalized spacial score (nSPS) is 19.4. The second-order valence-corrected chi connectivity index (χ2v) is 18.3. The maximum atomic E-state index is 13.3. The van der Waals surface area contributed by atoms with Crippen molar-refractivity contribution in [2.24, 2.45) is 0 Å². The highest BCUT2D eigenvalue weighted by molar-refractivity contribution is 6.76. The van der Waals surface area contributed by atoms with Crippen LogP contribution in [0.2, 0.25) is 25.7 Å². The zero-order valence-corrected chi connectivity index (χ0v) is 26.3. The minimum absolute atomic E-state index is 0.179. The Labute approximate surface area is 251 Å². The van der Waals surface area contributed by atoms with Gasteiger partial charge in [-0.1, -0.05) is 80.3 Å². The van der Waals surface area contributed by atoms with Gasteiger partial charge >= 0.3 is 6.09 Å². The Morgan fingerprint density at radius 2 is 1.64 bits per heavy atom. The van der Waals surface area contributed by atoms with E-state index < -0.39 is 8.07 Å². The average Bonchev–Trinajstić information content (AvgIpc) is 3.65. The van der Waals surface area contributed by atoms with Crippen LogP contribution in [-0.2, 0) is 27.5 Å². The Hall–Kier alpha value is -3.20. The maximum absolute atomic E-state index is 13.3. The quantitative estimate of drug-likeness (QED) is 0.161. The monoisotopic (exact) mass is 587 g/mol. The summed E-state index contributed by atoms with van der Waals surface area (Å²) in [6.07, 6.45) is 6.78. The van der Waals surface area contributed by atoms with Crippen LogP contribution in [-0.4, -0.2) is 54.7 Å². The van der Waals surface area contributed by atoms with Crippen molar-refractivity contribution in [2.75, 3.05) is 19.8 Å². The lowest BCUT2D eigenvalue weighted by Gasteiger charge is -2.30. The van der Waals surface area contributed by atoms with Crippen molar-refractivity contribution < 1.29 is 19.0 Å². The van der Waals surface area contributed by atoms with Gasteiger partial charge in [0.2, 0.25) is 0 Å². The predicted octanol–water partition coefficient (Wildman–Crippen LogP) is 7.69. The van der Waals surface area contributed by atoms with Crippen LogP contribution in [0, 0.1) is 0 Å². The van der Waals surface area contributed by atoms with Crippen molar-refractivity contribution in [3.8, 4) is 0 Å². The summed E-state index contributed by atoms with van der Waals surface area (Å²) in [5.41, 5.74) is 5.17. The van der Waals surface area contributed by atoms with Crippen LogP contribution in [0.15, 0.2) is 78.6 Å². The van der Waals surface area contributed by atoms with Gasteiger partial charge in [-0.2, -0.15) is 5.10 Å². The third-order valence-corrected chi connectivity index (χ3v) is 9.96. The molecule has 0 unspecified atom stereocenters. The third kappa shape index (κ3) is 8.43. The maximum Gasteiger partial charge on any atom is 0.414 e. The first-order valence-corrected chi connectivity index (χ1v) is 19.0. The van der Waals surface area contributed by atoms with Crippen molar-refractivity contribution in [2.45, 2.75) is 83.1 Å². The molecule has 1 amide bonds. The van der Waals surface area contributed by atoms with E-state index >= 15 is 0 Å². The third-order valence-electron chi connectivity index (χ3n) is 8.26. The van der Waals surface area contributed by atoms with Crippen molar-refractivity contribution in [3.63, 3.8) is 0 Å². The van der Waals surface area contributed by atoms with Gasteiger partial charge in [-0.05, 0) is 61.3 Å². The van der Waals surface area contributed by atoms with Gasteiger partial charge < -0.3 is 14.2 Å². The molecule has 42 heavy (non-hydrogen) atoms. The number of aromatic nitrogens is 2. The Bertz CT molecular complexity index is 1310. The number of amides is 1. The van der Waals surface area contributed by atoms with Crippen LogP contribution in [0.3, 0.4) is 0 Å². The molecular weight excluding hydrogens is 542 g/mol. The number of ether oxygens (including phenoxy) is 3. The Morgan fingerprint density at radius 3 is 2.36 bits per heavy atom. The second-order valence-electron chi connectivity index (χ2n) is 12.7. The molecule has 8 heteroatoms. The summed E-state index contributed by atoms with van der Waals surface area (Å²) in [6.45, 7) is 9.40. The predicted molar refractivity (Wildman–Crippen MR) is 169 cm³/mol. The summed E-state index contributed by atoms with van der Waals surface area (Å²) in [5.74, 6) is 0.591. The van der Waals surface area contributed by atoms with Gasteiger partial charge in [0.15, 0.2) is 0 Å². The van der Waals surface area contributed by atoms with E-state index in [4.69, 9.17) is 19.3 Å². The molecule has 2 aromatic carbocycles. The van der Waals surface area contributed by atoms with Crippen LogP contribution in [0.25, 0.3) is 5.57 Å². The van der Waals surface area contributed by atoms with Crippen molar-refractivity contribution in [1.29, 1.82) is 0 Å². The fourth-order valence-corrected chi connectivity index (χ4v) is 6.48. The molecule has 7 nitrogen and oxygen atoms in total. The molecule has 2 aliphatic rings. The molecule has 1 aliphatic carbocycles. The van der Waals surface area contributed by atoms with Gasteiger partial charge in [-0.25, -0.2) is 9.48 Å². The Kier molecular flexibility index (Phi) is 10.3. The molecular formula is C34H45N3O4Si. The van der Waals surface area contributed by atoms with Crippen LogP contribution < -0.4 is 0 Å². The lowest BCUT2D eigenvalue weighted by atomic mass is 9.83. The second kappa shape index (κ2) is 14.3. The van der Waals surface area contributed by atoms with E-state index in [-0.39, 0.29) is 18.8 Å². The standard InChI is InChI=1S/C34H45N3O4Si/c1-42(2,3)23-22-39-26-36-20-19-32(35-36)31-18-21-37(34(38)41-24-27-10-6-4-7-11-27)33(31)25-40-30-16-14-29(15-17-30)28-12-8-5-9-13-28/h4-13,19-20,29-30H,14-18,21-26H2,1-3H3/t29-,30+. The number of carbonyl (C=O) groups is 1. The zero-order valence-electron chi connectivity index (χ0n) is 25.3. The molecule has 0 bridgehead atoms. The fourth-order valence-electron chi connectivity index (χ4n) is 5.72. The summed E-state index contributed by atoms with van der Waals surface area (Å²) in [4.78, 5) is 15.0. The highest BCUT2D eigenvalue weighted by Gasteiger charge is 2.32. The molecule has 0 N–H and O–H groups in total. The van der Waals surface area contributed by atoms with Crippen LogP contribution >= 0.6 is 0 Å². The molecule has 224 valence electrons. The lowest BCUT2D eigenvalue weighted by molar-refractivity contribution is 0.0286. The van der Waals surface area contributed by atoms with E-state index in [9.17, 15) is 4.79 Å². The van der Waals surface area contributed by atoms with Crippen LogP contribution in [0.1, 0.15) is 54.8 Å². The number of nitrogens with zero attached hydrogens (tertiary/aromatic N) is 3. The van der Waals surface area contributed by atoms with E-state index in [0.29, 0.717) is 32.2 Å². The molecule has 2 heterocycles. The molecule has 5 rings (SSSR count). The first-order chi connectivity index (χ1) is 20.4. The molecule has 0 saturated heterocycles. The highest BCUT2D eigenvalue weighted by Crippen LogP contribution is 2.36. The van der Waals surface area contributed by atoms with Gasteiger partial charge in [-0.3, -0.25) is 4.90 Å². The van der Waals surface area contributed by atoms with Crippen molar-refractivity contribution in [1.82, 2.24) is 14.7 Å². The van der Waals surface area contributed by atoms with Gasteiger partial charge in [0, 0.05) is 33.0 Å². The number of hydrogen-bond acceptors (Lipinski definition) is 5. The van der Waals surface area contributed by atoms with Crippen LogP contribution in [0.4, 0.5) is 4.79 Å². The van der Waals surface area contributed by atoms with E-state index in [2.05, 4.69) is 50.0 Å². The van der Waals surface area contributed by atoms with Crippen LogP contribution in [0.5, 0.6) is 0 Å².